The number of esters is 1. The van der Waals surface area contributed by atoms with Gasteiger partial charge in [0.05, 0.1) is 25.4 Å². The van der Waals surface area contributed by atoms with E-state index in [2.05, 4.69) is 43.5 Å². The van der Waals surface area contributed by atoms with E-state index in [1.807, 2.05) is 6.08 Å². The molecule has 2 unspecified atom stereocenters. The van der Waals surface area contributed by atoms with Gasteiger partial charge in [-0.25, -0.2) is 0 Å². The lowest BCUT2D eigenvalue weighted by molar-refractivity contribution is -0.143. The van der Waals surface area contributed by atoms with Gasteiger partial charge in [-0.2, -0.15) is 0 Å². The van der Waals surface area contributed by atoms with Crippen LogP contribution < -0.4 is 5.32 Å². The maximum absolute atomic E-state index is 12.5. The van der Waals surface area contributed by atoms with Gasteiger partial charge in [0.2, 0.25) is 5.91 Å². The lowest BCUT2D eigenvalue weighted by atomic mass is 10.0. The second kappa shape index (κ2) is 62.6. The van der Waals surface area contributed by atoms with E-state index in [1.54, 1.807) is 6.08 Å². The van der Waals surface area contributed by atoms with Crippen molar-refractivity contribution in [1.82, 2.24) is 5.32 Å². The van der Waals surface area contributed by atoms with E-state index in [0.29, 0.717) is 19.4 Å². The molecule has 3 N–H and O–H groups in total. The van der Waals surface area contributed by atoms with Gasteiger partial charge in [0.25, 0.3) is 0 Å². The molecule has 73 heavy (non-hydrogen) atoms. The van der Waals surface area contributed by atoms with Crippen LogP contribution in [0.3, 0.4) is 0 Å². The Labute approximate surface area is 455 Å². The van der Waals surface area contributed by atoms with Gasteiger partial charge in [-0.1, -0.05) is 314 Å². The predicted octanol–water partition coefficient (Wildman–Crippen LogP) is 20.8. The third-order valence-corrected chi connectivity index (χ3v) is 15.2. The van der Waals surface area contributed by atoms with Gasteiger partial charge in [0.15, 0.2) is 0 Å². The molecule has 0 saturated carbocycles. The highest BCUT2D eigenvalue weighted by Crippen LogP contribution is 2.17. The van der Waals surface area contributed by atoms with Gasteiger partial charge in [-0.05, 0) is 64.2 Å². The molecule has 0 rings (SSSR count). The maximum Gasteiger partial charge on any atom is 0.305 e. The van der Waals surface area contributed by atoms with Crippen molar-refractivity contribution in [3.05, 3.63) is 36.5 Å². The molecule has 0 radical (unpaired) electrons. The molecule has 1 amide bonds. The minimum Gasteiger partial charge on any atom is -0.466 e. The average molecular weight is 1030 g/mol. The normalized spacial score (nSPS) is 12.8. The molecule has 430 valence electrons. The molecule has 2 atom stereocenters. The molecule has 0 fully saturated rings. The Bertz CT molecular complexity index is 1180. The van der Waals surface area contributed by atoms with Crippen molar-refractivity contribution < 1.29 is 24.5 Å². The number of hydrogen-bond donors (Lipinski definition) is 3. The Morgan fingerprint density at radius 1 is 0.384 bits per heavy atom. The predicted molar refractivity (Wildman–Crippen MR) is 319 cm³/mol. The first kappa shape index (κ1) is 71.1. The number of ether oxygens (including phenoxy) is 1. The summed E-state index contributed by atoms with van der Waals surface area (Å²) in [5, 5.41) is 23.2. The van der Waals surface area contributed by atoms with Gasteiger partial charge in [0.1, 0.15) is 0 Å². The minimum atomic E-state index is -0.852. The summed E-state index contributed by atoms with van der Waals surface area (Å²) in [6, 6.07) is -0.636. The molecule has 0 aliphatic rings. The molecule has 0 aliphatic heterocycles. The fourth-order valence-corrected chi connectivity index (χ4v) is 10.1. The molecule has 0 aromatic heterocycles. The molecule has 0 saturated heterocycles. The van der Waals surface area contributed by atoms with Gasteiger partial charge < -0.3 is 20.3 Å². The third kappa shape index (κ3) is 59.2. The molecule has 0 aromatic carbocycles. The van der Waals surface area contributed by atoms with E-state index in [-0.39, 0.29) is 18.5 Å². The summed E-state index contributed by atoms with van der Waals surface area (Å²) < 4.78 is 5.49. The summed E-state index contributed by atoms with van der Waals surface area (Å²) in [6.45, 7) is 4.92. The summed E-state index contributed by atoms with van der Waals surface area (Å²) >= 11 is 0. The van der Waals surface area contributed by atoms with Crippen molar-refractivity contribution in [2.24, 2.45) is 0 Å². The van der Waals surface area contributed by atoms with Crippen LogP contribution in [-0.4, -0.2) is 47.4 Å². The second-order valence-electron chi connectivity index (χ2n) is 22.5. The van der Waals surface area contributed by atoms with Crippen molar-refractivity contribution in [2.75, 3.05) is 13.2 Å². The minimum absolute atomic E-state index is 0.00966. The van der Waals surface area contributed by atoms with Gasteiger partial charge in [0, 0.05) is 12.8 Å². The fraction of sp³-hybridized carbons (Fsp3) is 0.881. The van der Waals surface area contributed by atoms with Gasteiger partial charge in [-0.3, -0.25) is 9.59 Å². The molecule has 6 nitrogen and oxygen atoms in total. The van der Waals surface area contributed by atoms with E-state index >= 15 is 0 Å². The highest BCUT2D eigenvalue weighted by atomic mass is 16.5. The van der Waals surface area contributed by atoms with Crippen LogP contribution in [-0.2, 0) is 14.3 Å². The lowest BCUT2D eigenvalue weighted by Crippen LogP contribution is -2.45. The Morgan fingerprint density at radius 2 is 0.685 bits per heavy atom. The van der Waals surface area contributed by atoms with Crippen LogP contribution in [0.2, 0.25) is 0 Å². The lowest BCUT2D eigenvalue weighted by Gasteiger charge is -2.20. The smallest absolute Gasteiger partial charge is 0.305 e. The standard InChI is InChI=1S/C67H127NO5/c1-3-5-7-9-11-13-15-17-19-20-28-32-35-39-43-47-51-55-59-65(70)64(63-69)68-66(71)60-56-52-48-44-40-36-33-29-26-24-22-21-23-25-27-30-34-38-42-46-50-54-58-62-73-67(72)61-57-53-49-45-41-37-31-18-16-14-12-10-8-6-4-2/h21,23-24,26,55,59,64-65,69-70H,3-20,22,25,27-54,56-58,60-63H2,1-2H3,(H,68,71)/b23-21-,26-24-,59-55+. The van der Waals surface area contributed by atoms with E-state index in [9.17, 15) is 19.8 Å². The van der Waals surface area contributed by atoms with Gasteiger partial charge in [-0.15, -0.1) is 0 Å². The van der Waals surface area contributed by atoms with Crippen molar-refractivity contribution in [3.8, 4) is 0 Å². The SMILES string of the molecule is CCCCCCCCCCCCCCCCCC/C=C/C(O)C(CO)NC(=O)CCCCCCCCC/C=C\C/C=C\CCCCCCCCCCCOC(=O)CCCCCCCCCCCCCCCCC. The molecular formula is C67H127NO5. The summed E-state index contributed by atoms with van der Waals surface area (Å²) in [5.41, 5.74) is 0. The first-order valence-electron chi connectivity index (χ1n) is 32.8. The van der Waals surface area contributed by atoms with Crippen LogP contribution in [0.25, 0.3) is 0 Å². The van der Waals surface area contributed by atoms with Crippen LogP contribution >= 0.6 is 0 Å². The zero-order valence-corrected chi connectivity index (χ0v) is 49.1. The number of rotatable bonds is 61. The Balaban J connectivity index is 3.47. The van der Waals surface area contributed by atoms with Crippen LogP contribution in [0, 0.1) is 0 Å². The average Bonchev–Trinajstić information content (AvgIpc) is 3.39. The van der Waals surface area contributed by atoms with Crippen molar-refractivity contribution in [3.63, 3.8) is 0 Å². The van der Waals surface area contributed by atoms with Crippen LogP contribution in [0.5, 0.6) is 0 Å². The van der Waals surface area contributed by atoms with Crippen molar-refractivity contribution in [1.29, 1.82) is 0 Å². The number of aliphatic hydroxyl groups excluding tert-OH is 2. The first-order valence-corrected chi connectivity index (χ1v) is 32.8. The molecular weight excluding hydrogens is 899 g/mol. The molecule has 0 bridgehead atoms. The van der Waals surface area contributed by atoms with E-state index in [0.717, 1.165) is 57.8 Å². The molecule has 0 aliphatic carbocycles. The molecule has 0 spiro atoms. The third-order valence-electron chi connectivity index (χ3n) is 15.2. The van der Waals surface area contributed by atoms with E-state index < -0.39 is 12.1 Å². The van der Waals surface area contributed by atoms with Crippen molar-refractivity contribution in [2.45, 2.75) is 366 Å². The quantitative estimate of drug-likeness (QED) is 0.0320. The zero-order chi connectivity index (χ0) is 52.9. The number of aliphatic hydroxyl groups is 2. The fourth-order valence-electron chi connectivity index (χ4n) is 10.1. The summed E-state index contributed by atoms with van der Waals surface area (Å²) in [4.78, 5) is 24.6. The summed E-state index contributed by atoms with van der Waals surface area (Å²) in [5.74, 6) is -0.0665. The monoisotopic (exact) mass is 1030 g/mol. The highest BCUT2D eigenvalue weighted by molar-refractivity contribution is 5.76. The maximum atomic E-state index is 12.5. The summed E-state index contributed by atoms with van der Waals surface area (Å²) in [6.07, 6.45) is 79.1. The number of hydrogen-bond acceptors (Lipinski definition) is 5. The number of nitrogens with one attached hydrogen (secondary N) is 1. The number of allylic oxidation sites excluding steroid dienone is 5. The van der Waals surface area contributed by atoms with E-state index in [4.69, 9.17) is 4.74 Å². The van der Waals surface area contributed by atoms with Crippen LogP contribution in [0.1, 0.15) is 354 Å². The molecule has 0 heterocycles. The van der Waals surface area contributed by atoms with Crippen LogP contribution in [0.4, 0.5) is 0 Å². The Kier molecular flexibility index (Phi) is 61.0. The Morgan fingerprint density at radius 3 is 1.04 bits per heavy atom. The number of carbonyl (C=O) groups is 2. The summed E-state index contributed by atoms with van der Waals surface area (Å²) in [7, 11) is 0. The topological polar surface area (TPSA) is 95.9 Å². The van der Waals surface area contributed by atoms with Crippen molar-refractivity contribution >= 4 is 11.9 Å². The van der Waals surface area contributed by atoms with E-state index in [1.165, 1.54) is 270 Å². The largest absolute Gasteiger partial charge is 0.466 e. The first-order chi connectivity index (χ1) is 36.0. The zero-order valence-electron chi connectivity index (χ0n) is 49.1. The number of carbonyl (C=O) groups excluding carboxylic acids is 2. The Hall–Kier alpha value is -1.92. The second-order valence-corrected chi connectivity index (χ2v) is 22.5. The number of amides is 1. The molecule has 0 aromatic rings. The molecule has 6 heteroatoms. The van der Waals surface area contributed by atoms with Crippen LogP contribution in [0.15, 0.2) is 36.5 Å². The van der Waals surface area contributed by atoms with Gasteiger partial charge >= 0.3 is 5.97 Å². The number of unbranched alkanes of at least 4 members (excludes halogenated alkanes) is 46. The highest BCUT2D eigenvalue weighted by Gasteiger charge is 2.18.